The normalized spacial score (nSPS) is 11.1. The molecule has 0 unspecified atom stereocenters. The van der Waals surface area contributed by atoms with Crippen LogP contribution in [0.5, 0.6) is 0 Å². The Hall–Kier alpha value is -1.79. The van der Waals surface area contributed by atoms with Gasteiger partial charge in [0.05, 0.1) is 0 Å². The van der Waals surface area contributed by atoms with E-state index in [4.69, 9.17) is 0 Å². The average molecular weight is 679 g/mol. The molecule has 0 aromatic heterocycles. The van der Waals surface area contributed by atoms with Crippen LogP contribution in [-0.2, 0) is 4.79 Å². The van der Waals surface area contributed by atoms with Crippen molar-refractivity contribution < 1.29 is 14.4 Å². The van der Waals surface area contributed by atoms with Gasteiger partial charge in [0.15, 0.2) is 0 Å². The first kappa shape index (κ1) is 46.2. The Morgan fingerprint density at radius 2 is 0.646 bits per heavy atom. The fraction of sp³-hybridized carbons (Fsp3) is 0.927. The van der Waals surface area contributed by atoms with Gasteiger partial charge in [-0.25, -0.2) is 14.5 Å². The van der Waals surface area contributed by atoms with Crippen LogP contribution in [-0.4, -0.2) is 49.0 Å². The second-order valence-electron chi connectivity index (χ2n) is 14.3. The van der Waals surface area contributed by atoms with Crippen molar-refractivity contribution in [2.24, 2.45) is 0 Å². The fourth-order valence-electron chi connectivity index (χ4n) is 6.23. The van der Waals surface area contributed by atoms with Crippen LogP contribution in [0.2, 0.25) is 0 Å². The highest BCUT2D eigenvalue weighted by molar-refractivity contribution is 5.93. The van der Waals surface area contributed by atoms with Crippen molar-refractivity contribution in [2.75, 3.05) is 26.2 Å². The zero-order valence-corrected chi connectivity index (χ0v) is 32.4. The molecule has 0 aromatic rings. The number of amides is 5. The average Bonchev–Trinajstić information content (AvgIpc) is 3.08. The molecule has 0 saturated carbocycles. The second-order valence-corrected chi connectivity index (χ2v) is 14.3. The van der Waals surface area contributed by atoms with Gasteiger partial charge in [-0.15, -0.1) is 0 Å². The van der Waals surface area contributed by atoms with Gasteiger partial charge >= 0.3 is 12.1 Å². The monoisotopic (exact) mass is 679 g/mol. The summed E-state index contributed by atoms with van der Waals surface area (Å²) in [6.07, 6.45) is 36.4. The predicted molar refractivity (Wildman–Crippen MR) is 207 cm³/mol. The van der Waals surface area contributed by atoms with E-state index in [-0.39, 0.29) is 18.0 Å². The van der Waals surface area contributed by atoms with Crippen molar-refractivity contribution in [3.8, 4) is 0 Å². The van der Waals surface area contributed by atoms with Crippen LogP contribution in [0, 0.1) is 0 Å². The molecule has 0 saturated heterocycles. The van der Waals surface area contributed by atoms with Crippen molar-refractivity contribution in [1.29, 1.82) is 0 Å². The van der Waals surface area contributed by atoms with Gasteiger partial charge in [-0.05, 0) is 32.1 Å². The number of rotatable bonds is 36. The molecule has 284 valence electrons. The lowest BCUT2D eigenvalue weighted by Gasteiger charge is -2.22. The molecule has 0 aliphatic heterocycles. The molecule has 0 rings (SSSR count). The van der Waals surface area contributed by atoms with Crippen LogP contribution < -0.4 is 16.0 Å². The number of carbonyl (C=O) groups excluding carboxylic acids is 3. The zero-order chi connectivity index (χ0) is 35.2. The third kappa shape index (κ3) is 32.7. The molecule has 0 aliphatic rings. The van der Waals surface area contributed by atoms with E-state index < -0.39 is 0 Å². The molecule has 3 N–H and O–H groups in total. The number of hydrogen-bond donors (Lipinski definition) is 3. The van der Waals surface area contributed by atoms with Gasteiger partial charge in [0.1, 0.15) is 0 Å². The van der Waals surface area contributed by atoms with Crippen LogP contribution in [0.4, 0.5) is 9.59 Å². The summed E-state index contributed by atoms with van der Waals surface area (Å²) in [5, 5.41) is 9.12. The first-order valence-corrected chi connectivity index (χ1v) is 21.2. The minimum absolute atomic E-state index is 0.214. The molecule has 48 heavy (non-hydrogen) atoms. The Morgan fingerprint density at radius 1 is 0.354 bits per heavy atom. The number of unbranched alkanes of at least 4 members (excludes halogenated alkanes) is 26. The fourth-order valence-corrected chi connectivity index (χ4v) is 6.23. The summed E-state index contributed by atoms with van der Waals surface area (Å²) >= 11 is 0. The third-order valence-electron chi connectivity index (χ3n) is 9.49. The predicted octanol–water partition coefficient (Wildman–Crippen LogP) is 12.0. The van der Waals surface area contributed by atoms with Gasteiger partial charge in [0.2, 0.25) is 5.91 Å². The van der Waals surface area contributed by atoms with Crippen LogP contribution in [0.1, 0.15) is 220 Å². The number of nitrogens with zero attached hydrogens (tertiary/aromatic N) is 1. The van der Waals surface area contributed by atoms with Crippen molar-refractivity contribution >= 4 is 18.0 Å². The summed E-state index contributed by atoms with van der Waals surface area (Å²) in [4.78, 5) is 39.4. The molecule has 0 aliphatic carbocycles. The molecule has 0 heterocycles. The summed E-state index contributed by atoms with van der Waals surface area (Å²) in [6, 6.07) is -0.489. The second kappa shape index (κ2) is 38.0. The van der Waals surface area contributed by atoms with Gasteiger partial charge in [-0.1, -0.05) is 181 Å². The third-order valence-corrected chi connectivity index (χ3v) is 9.49. The Labute approximate surface area is 298 Å². The van der Waals surface area contributed by atoms with Crippen LogP contribution in [0.15, 0.2) is 0 Å². The number of nitrogens with one attached hydrogen (secondary N) is 3. The standard InChI is InChI=1S/C41H82N4O3/c1-4-7-10-13-16-22-27-32-37-44-41(48)45(40(47)43-36-31-26-21-14-11-8-5-2)38-33-28-23-19-17-18-20-24-29-34-39(46)42-35-30-25-15-12-9-6-3/h4-38H2,1-3H3,(H,42,46)(H,43,47)(H,44,48). The van der Waals surface area contributed by atoms with Gasteiger partial charge < -0.3 is 16.0 Å². The minimum atomic E-state index is -0.245. The molecule has 0 radical (unpaired) electrons. The molecule has 5 amide bonds. The Kier molecular flexibility index (Phi) is 36.6. The highest BCUT2D eigenvalue weighted by atomic mass is 16.2. The maximum atomic E-state index is 13.0. The summed E-state index contributed by atoms with van der Waals surface area (Å²) in [5.74, 6) is 0.214. The van der Waals surface area contributed by atoms with Crippen molar-refractivity contribution in [1.82, 2.24) is 20.9 Å². The first-order chi connectivity index (χ1) is 23.6. The van der Waals surface area contributed by atoms with Crippen molar-refractivity contribution in [3.63, 3.8) is 0 Å². The minimum Gasteiger partial charge on any atom is -0.356 e. The lowest BCUT2D eigenvalue weighted by Crippen LogP contribution is -2.49. The van der Waals surface area contributed by atoms with E-state index in [0.29, 0.717) is 26.1 Å². The van der Waals surface area contributed by atoms with Crippen LogP contribution in [0.3, 0.4) is 0 Å². The van der Waals surface area contributed by atoms with Gasteiger partial charge in [0.25, 0.3) is 0 Å². The van der Waals surface area contributed by atoms with Gasteiger partial charge in [0, 0.05) is 32.6 Å². The zero-order valence-electron chi connectivity index (χ0n) is 32.4. The molecule has 0 fully saturated rings. The van der Waals surface area contributed by atoms with Crippen LogP contribution in [0.25, 0.3) is 0 Å². The number of urea groups is 2. The first-order valence-electron chi connectivity index (χ1n) is 21.2. The van der Waals surface area contributed by atoms with Gasteiger partial charge in [-0.3, -0.25) is 4.79 Å². The maximum absolute atomic E-state index is 13.0. The number of carbonyl (C=O) groups is 3. The lowest BCUT2D eigenvalue weighted by molar-refractivity contribution is -0.121. The molecule has 7 nitrogen and oxygen atoms in total. The van der Waals surface area contributed by atoms with E-state index in [1.807, 2.05) is 0 Å². The van der Waals surface area contributed by atoms with Crippen LogP contribution >= 0.6 is 0 Å². The molecular formula is C41H82N4O3. The molecule has 7 heteroatoms. The highest BCUT2D eigenvalue weighted by Crippen LogP contribution is 2.12. The summed E-state index contributed by atoms with van der Waals surface area (Å²) < 4.78 is 0. The largest absolute Gasteiger partial charge is 0.356 e. The van der Waals surface area contributed by atoms with Crippen molar-refractivity contribution in [2.45, 2.75) is 220 Å². The molecule has 0 spiro atoms. The van der Waals surface area contributed by atoms with E-state index >= 15 is 0 Å². The number of imide groups is 1. The van der Waals surface area contributed by atoms with E-state index in [1.165, 1.54) is 133 Å². The SMILES string of the molecule is CCCCCCCCCCNC(=O)N(CCCCCCCCCCCC(=O)NCCCCCCCC)C(=O)NCCCCCCCCC. The Bertz CT molecular complexity index is 718. The van der Waals surface area contributed by atoms with E-state index in [0.717, 1.165) is 70.8 Å². The lowest BCUT2D eigenvalue weighted by atomic mass is 10.1. The van der Waals surface area contributed by atoms with E-state index in [9.17, 15) is 14.4 Å². The van der Waals surface area contributed by atoms with Crippen molar-refractivity contribution in [3.05, 3.63) is 0 Å². The Morgan fingerprint density at radius 3 is 1.02 bits per heavy atom. The summed E-state index contributed by atoms with van der Waals surface area (Å²) in [6.45, 7) is 9.30. The summed E-state index contributed by atoms with van der Waals surface area (Å²) in [7, 11) is 0. The smallest absolute Gasteiger partial charge is 0.325 e. The highest BCUT2D eigenvalue weighted by Gasteiger charge is 2.20. The molecule has 0 bridgehead atoms. The Balaban J connectivity index is 4.12. The molecule has 0 aromatic carbocycles. The topological polar surface area (TPSA) is 90.5 Å². The van der Waals surface area contributed by atoms with E-state index in [1.54, 1.807) is 0 Å². The van der Waals surface area contributed by atoms with Gasteiger partial charge in [-0.2, -0.15) is 0 Å². The molecule has 0 atom stereocenters. The summed E-state index contributed by atoms with van der Waals surface area (Å²) in [5.41, 5.74) is 0. The quantitative estimate of drug-likeness (QED) is 0.0576. The molecular weight excluding hydrogens is 596 g/mol. The van der Waals surface area contributed by atoms with E-state index in [2.05, 4.69) is 36.7 Å². The number of hydrogen-bond acceptors (Lipinski definition) is 3. The maximum Gasteiger partial charge on any atom is 0.325 e.